The molecule has 4 aromatic rings. The third-order valence-electron chi connectivity index (χ3n) is 5.10. The number of hydrogen-bond donors (Lipinski definition) is 3. The van der Waals surface area contributed by atoms with Crippen molar-refractivity contribution in [3.63, 3.8) is 0 Å². The first-order valence-corrected chi connectivity index (χ1v) is 12.9. The Hall–Kier alpha value is -3.21. The molecule has 0 aliphatic heterocycles. The minimum atomic E-state index is -3.51. The van der Waals surface area contributed by atoms with Gasteiger partial charge in [-0.05, 0) is 61.4 Å². The maximum atomic E-state index is 12.5. The SMILES string of the molecule is O=C(CSc1ncccc1-c1nc2ccccc2[nH]1)Nc1ccc(S(=O)(=O)NC2CC2)cc1. The van der Waals surface area contributed by atoms with Gasteiger partial charge >= 0.3 is 0 Å². The summed E-state index contributed by atoms with van der Waals surface area (Å²) in [5.74, 6) is 0.629. The summed E-state index contributed by atoms with van der Waals surface area (Å²) in [6.07, 6.45) is 3.43. The van der Waals surface area contributed by atoms with Crippen LogP contribution in [0.1, 0.15) is 12.8 Å². The topological polar surface area (TPSA) is 117 Å². The second-order valence-electron chi connectivity index (χ2n) is 7.72. The number of imidazole rings is 1. The van der Waals surface area contributed by atoms with Gasteiger partial charge in [-0.25, -0.2) is 23.1 Å². The van der Waals surface area contributed by atoms with Crippen LogP contribution in [-0.4, -0.2) is 41.1 Å². The molecule has 33 heavy (non-hydrogen) atoms. The fourth-order valence-electron chi connectivity index (χ4n) is 3.30. The smallest absolute Gasteiger partial charge is 0.240 e. The van der Waals surface area contributed by atoms with Crippen LogP contribution in [0.15, 0.2) is 76.8 Å². The Kier molecular flexibility index (Phi) is 5.88. The first kappa shape index (κ1) is 21.6. The minimum Gasteiger partial charge on any atom is -0.338 e. The number of nitrogens with zero attached hydrogens (tertiary/aromatic N) is 2. The van der Waals surface area contributed by atoms with Crippen molar-refractivity contribution in [2.45, 2.75) is 28.8 Å². The van der Waals surface area contributed by atoms with Crippen molar-refractivity contribution in [3.8, 4) is 11.4 Å². The molecule has 3 N–H and O–H groups in total. The molecule has 2 aromatic carbocycles. The summed E-state index contributed by atoms with van der Waals surface area (Å²) in [7, 11) is -3.51. The van der Waals surface area contributed by atoms with Crippen LogP contribution in [0.4, 0.5) is 5.69 Å². The van der Waals surface area contributed by atoms with Crippen LogP contribution in [0.25, 0.3) is 22.4 Å². The average molecular weight is 480 g/mol. The van der Waals surface area contributed by atoms with E-state index in [9.17, 15) is 13.2 Å². The lowest BCUT2D eigenvalue weighted by Crippen LogP contribution is -2.25. The molecule has 168 valence electrons. The lowest BCUT2D eigenvalue weighted by molar-refractivity contribution is -0.113. The van der Waals surface area contributed by atoms with E-state index in [0.29, 0.717) is 16.5 Å². The molecule has 0 radical (unpaired) electrons. The summed E-state index contributed by atoms with van der Waals surface area (Å²) in [5, 5.41) is 3.49. The van der Waals surface area contributed by atoms with E-state index in [2.05, 4.69) is 25.0 Å². The Morgan fingerprint density at radius 2 is 1.85 bits per heavy atom. The number of pyridine rings is 1. The lowest BCUT2D eigenvalue weighted by Gasteiger charge is -2.09. The third-order valence-corrected chi connectivity index (χ3v) is 7.64. The van der Waals surface area contributed by atoms with E-state index in [1.54, 1.807) is 18.3 Å². The highest BCUT2D eigenvalue weighted by atomic mass is 32.2. The summed E-state index contributed by atoms with van der Waals surface area (Å²) >= 11 is 1.31. The summed E-state index contributed by atoms with van der Waals surface area (Å²) in [5.41, 5.74) is 3.15. The predicted octanol–water partition coefficient (Wildman–Crippen LogP) is 3.80. The molecule has 2 heterocycles. The number of carbonyl (C=O) groups excluding carboxylic acids is 1. The van der Waals surface area contributed by atoms with Gasteiger partial charge in [-0.15, -0.1) is 0 Å². The van der Waals surface area contributed by atoms with Crippen LogP contribution in [0.3, 0.4) is 0 Å². The number of fused-ring (bicyclic) bond motifs is 1. The Bertz CT molecular complexity index is 1380. The van der Waals surface area contributed by atoms with Crippen molar-refractivity contribution in [2.75, 3.05) is 11.1 Å². The van der Waals surface area contributed by atoms with Crippen molar-refractivity contribution >= 4 is 44.4 Å². The highest BCUT2D eigenvalue weighted by Gasteiger charge is 2.27. The van der Waals surface area contributed by atoms with Gasteiger partial charge in [0, 0.05) is 23.5 Å². The summed E-state index contributed by atoms with van der Waals surface area (Å²) < 4.78 is 27.2. The van der Waals surface area contributed by atoms with E-state index >= 15 is 0 Å². The molecule has 1 aliphatic carbocycles. The lowest BCUT2D eigenvalue weighted by atomic mass is 10.3. The largest absolute Gasteiger partial charge is 0.338 e. The molecular formula is C23H21N5O3S2. The number of rotatable bonds is 8. The van der Waals surface area contributed by atoms with E-state index < -0.39 is 10.0 Å². The average Bonchev–Trinajstić information content (AvgIpc) is 3.51. The quantitative estimate of drug-likeness (QED) is 0.331. The van der Waals surface area contributed by atoms with Gasteiger partial charge in [0.25, 0.3) is 0 Å². The number of hydrogen-bond acceptors (Lipinski definition) is 6. The zero-order valence-electron chi connectivity index (χ0n) is 17.5. The van der Waals surface area contributed by atoms with E-state index in [4.69, 9.17) is 0 Å². The van der Waals surface area contributed by atoms with Crippen molar-refractivity contribution in [2.24, 2.45) is 0 Å². The molecule has 1 aliphatic rings. The normalized spacial score (nSPS) is 13.8. The second-order valence-corrected chi connectivity index (χ2v) is 10.4. The van der Waals surface area contributed by atoms with Crippen molar-refractivity contribution < 1.29 is 13.2 Å². The van der Waals surface area contributed by atoms with E-state index in [-0.39, 0.29) is 22.6 Å². The summed E-state index contributed by atoms with van der Waals surface area (Å²) in [4.78, 5) is 25.0. The van der Waals surface area contributed by atoms with Gasteiger partial charge in [0.1, 0.15) is 10.9 Å². The van der Waals surface area contributed by atoms with Crippen molar-refractivity contribution in [3.05, 3.63) is 66.9 Å². The molecule has 0 bridgehead atoms. The number of para-hydroxylation sites is 2. The molecule has 0 unspecified atom stereocenters. The van der Waals surface area contributed by atoms with Crippen molar-refractivity contribution in [1.82, 2.24) is 19.7 Å². The predicted molar refractivity (Wildman–Crippen MR) is 128 cm³/mol. The van der Waals surface area contributed by atoms with Gasteiger partial charge in [0.15, 0.2) is 0 Å². The third kappa shape index (κ3) is 5.08. The fourth-order valence-corrected chi connectivity index (χ4v) is 5.40. The number of amides is 1. The number of H-pyrrole nitrogens is 1. The first-order chi connectivity index (χ1) is 16.0. The Morgan fingerprint density at radius 1 is 1.06 bits per heavy atom. The molecule has 10 heteroatoms. The highest BCUT2D eigenvalue weighted by Crippen LogP contribution is 2.29. The van der Waals surface area contributed by atoms with E-state index in [1.165, 1.54) is 23.9 Å². The zero-order valence-corrected chi connectivity index (χ0v) is 19.1. The molecule has 5 rings (SSSR count). The fraction of sp³-hybridized carbons (Fsp3) is 0.174. The Labute approximate surface area is 195 Å². The standard InChI is InChI=1S/C23H21N5O3S2/c29-21(25-15-9-11-17(12-10-15)33(30,31)28-16-7-8-16)14-32-23-18(4-3-13-24-23)22-26-19-5-1-2-6-20(19)27-22/h1-6,9-13,16,28H,7-8,14H2,(H,25,29)(H,26,27). The maximum absolute atomic E-state index is 12.5. The first-order valence-electron chi connectivity index (χ1n) is 10.4. The van der Waals surface area contributed by atoms with Crippen LogP contribution in [-0.2, 0) is 14.8 Å². The van der Waals surface area contributed by atoms with Crippen molar-refractivity contribution in [1.29, 1.82) is 0 Å². The molecule has 0 spiro atoms. The number of aromatic amines is 1. The van der Waals surface area contributed by atoms with Gasteiger partial charge in [0.2, 0.25) is 15.9 Å². The van der Waals surface area contributed by atoms with E-state index in [0.717, 1.165) is 29.4 Å². The monoisotopic (exact) mass is 479 g/mol. The van der Waals surface area contributed by atoms with Crippen LogP contribution < -0.4 is 10.0 Å². The molecule has 1 fully saturated rings. The number of aromatic nitrogens is 3. The zero-order chi connectivity index (χ0) is 22.8. The maximum Gasteiger partial charge on any atom is 0.240 e. The van der Waals surface area contributed by atoms with Gasteiger partial charge in [-0.3, -0.25) is 4.79 Å². The Morgan fingerprint density at radius 3 is 2.61 bits per heavy atom. The summed E-state index contributed by atoms with van der Waals surface area (Å²) in [6, 6.07) is 17.7. The van der Waals surface area contributed by atoms with Crippen LogP contribution in [0.5, 0.6) is 0 Å². The number of carbonyl (C=O) groups is 1. The molecule has 1 amide bonds. The van der Waals surface area contributed by atoms with Crippen LogP contribution >= 0.6 is 11.8 Å². The molecule has 2 aromatic heterocycles. The Balaban J connectivity index is 1.23. The number of benzene rings is 2. The van der Waals surface area contributed by atoms with Gasteiger partial charge in [0.05, 0.1) is 21.7 Å². The molecule has 8 nitrogen and oxygen atoms in total. The van der Waals surface area contributed by atoms with Gasteiger partial charge < -0.3 is 10.3 Å². The van der Waals surface area contributed by atoms with Gasteiger partial charge in [-0.2, -0.15) is 0 Å². The van der Waals surface area contributed by atoms with Crippen LogP contribution in [0.2, 0.25) is 0 Å². The molecule has 0 saturated heterocycles. The second kappa shape index (κ2) is 8.97. The molecular weight excluding hydrogens is 458 g/mol. The number of thioether (sulfide) groups is 1. The highest BCUT2D eigenvalue weighted by molar-refractivity contribution is 8.00. The number of anilines is 1. The van der Waals surface area contributed by atoms with Crippen LogP contribution in [0, 0.1) is 0 Å². The molecule has 1 saturated carbocycles. The molecule has 0 atom stereocenters. The number of nitrogens with one attached hydrogen (secondary N) is 3. The van der Waals surface area contributed by atoms with E-state index in [1.807, 2.05) is 36.4 Å². The minimum absolute atomic E-state index is 0.0439. The van der Waals surface area contributed by atoms with Gasteiger partial charge in [-0.1, -0.05) is 23.9 Å². The number of sulfonamides is 1. The summed E-state index contributed by atoms with van der Waals surface area (Å²) in [6.45, 7) is 0.